The number of aliphatic hydroxyl groups excluding tert-OH is 1. The molecule has 0 saturated heterocycles. The van der Waals surface area contributed by atoms with Crippen molar-refractivity contribution in [2.75, 3.05) is 0 Å². The Balaban J connectivity index is 1.94. The van der Waals surface area contributed by atoms with Gasteiger partial charge in [-0.25, -0.2) is 4.90 Å². The number of benzene rings is 2. The molecule has 4 unspecified atom stereocenters. The van der Waals surface area contributed by atoms with E-state index in [1.54, 1.807) is 0 Å². The predicted octanol–water partition coefficient (Wildman–Crippen LogP) is -0.342. The van der Waals surface area contributed by atoms with Gasteiger partial charge in [0, 0.05) is 37.1 Å². The molecule has 0 heterocycles. The number of rotatable bonds is 5. The Morgan fingerprint density at radius 3 is 1.68 bits per heavy atom. The zero-order chi connectivity index (χ0) is 27.5. The average Bonchev–Trinajstić information content (AvgIpc) is 2.84. The Hall–Kier alpha value is -4.23. The fourth-order valence-corrected chi connectivity index (χ4v) is 3.84. The number of carbonyl (C=O) groups excluding carboxylic acids is 3. The molecule has 0 bridgehead atoms. The SMILES string of the molecule is NC1CC(O)(C(=O)N(C(=O)C=Cc2ccc(O)c(O)c2)C(=O)C=Cc2ccc(O)c(O)c2)CC(O)C1N. The molecule has 2 aromatic rings. The smallest absolute Gasteiger partial charge is 0.268 e. The van der Waals surface area contributed by atoms with Gasteiger partial charge in [-0.1, -0.05) is 12.1 Å². The molecule has 1 aliphatic rings. The Morgan fingerprint density at radius 1 is 0.811 bits per heavy atom. The number of aliphatic hydroxyl groups is 2. The van der Waals surface area contributed by atoms with Crippen molar-refractivity contribution in [3.63, 3.8) is 0 Å². The first-order valence-corrected chi connectivity index (χ1v) is 11.1. The maximum atomic E-state index is 13.3. The first-order chi connectivity index (χ1) is 17.3. The Kier molecular flexibility index (Phi) is 7.99. The maximum Gasteiger partial charge on any atom is 0.268 e. The number of hydrogen-bond donors (Lipinski definition) is 8. The van der Waals surface area contributed by atoms with Gasteiger partial charge in [-0.2, -0.15) is 0 Å². The number of phenolic OH excluding ortho intramolecular Hbond substituents is 4. The van der Waals surface area contributed by atoms with Crippen molar-refractivity contribution in [3.8, 4) is 23.0 Å². The molecule has 1 aliphatic carbocycles. The lowest BCUT2D eigenvalue weighted by atomic mass is 9.77. The second-order valence-electron chi connectivity index (χ2n) is 8.73. The van der Waals surface area contributed by atoms with E-state index in [0.29, 0.717) is 0 Å². The number of aromatic hydroxyl groups is 4. The normalized spacial score (nSPS) is 23.8. The highest BCUT2D eigenvalue weighted by molar-refractivity contribution is 6.20. The van der Waals surface area contributed by atoms with Crippen LogP contribution in [0.3, 0.4) is 0 Å². The standard InChI is InChI=1S/C25H27N3O9/c26-15-11-25(37,12-20(33)23(15)27)24(36)28(21(34)7-3-13-1-5-16(29)18(31)9-13)22(35)8-4-14-2-6-17(30)19(32)10-14/h1-10,15,20,23,29-33,37H,11-12,26-27H2. The molecule has 3 rings (SSSR count). The van der Waals surface area contributed by atoms with Crippen LogP contribution >= 0.6 is 0 Å². The third kappa shape index (κ3) is 6.13. The minimum Gasteiger partial charge on any atom is -0.504 e. The molecule has 3 amide bonds. The monoisotopic (exact) mass is 513 g/mol. The molecule has 12 nitrogen and oxygen atoms in total. The van der Waals surface area contributed by atoms with Crippen LogP contribution < -0.4 is 11.5 Å². The highest BCUT2D eigenvalue weighted by Gasteiger charge is 2.50. The van der Waals surface area contributed by atoms with E-state index in [2.05, 4.69) is 0 Å². The molecule has 2 aromatic carbocycles. The van der Waals surface area contributed by atoms with Gasteiger partial charge in [-0.15, -0.1) is 0 Å². The van der Waals surface area contributed by atoms with Crippen LogP contribution in [0.5, 0.6) is 23.0 Å². The van der Waals surface area contributed by atoms with Crippen molar-refractivity contribution in [1.82, 2.24) is 4.90 Å². The number of hydrogen-bond acceptors (Lipinski definition) is 11. The molecule has 1 fully saturated rings. The summed E-state index contributed by atoms with van der Waals surface area (Å²) in [5.41, 5.74) is 9.74. The lowest BCUT2D eigenvalue weighted by molar-refractivity contribution is -0.167. The van der Waals surface area contributed by atoms with E-state index >= 15 is 0 Å². The fourth-order valence-electron chi connectivity index (χ4n) is 3.84. The molecular formula is C25H27N3O9. The first-order valence-electron chi connectivity index (χ1n) is 11.1. The van der Waals surface area contributed by atoms with Crippen LogP contribution in [0.15, 0.2) is 48.6 Å². The number of nitrogens with two attached hydrogens (primary N) is 2. The Bertz CT molecular complexity index is 1190. The van der Waals surface area contributed by atoms with Gasteiger partial charge < -0.3 is 42.1 Å². The molecule has 196 valence electrons. The van der Waals surface area contributed by atoms with Crippen LogP contribution in [0.4, 0.5) is 0 Å². The van der Waals surface area contributed by atoms with E-state index in [9.17, 15) is 45.0 Å². The van der Waals surface area contributed by atoms with Crippen LogP contribution in [0, 0.1) is 0 Å². The fraction of sp³-hybridized carbons (Fsp3) is 0.240. The van der Waals surface area contributed by atoms with E-state index in [1.807, 2.05) is 0 Å². The quantitative estimate of drug-likeness (QED) is 0.190. The van der Waals surface area contributed by atoms with Gasteiger partial charge in [0.2, 0.25) is 0 Å². The Labute approximate surface area is 211 Å². The summed E-state index contributed by atoms with van der Waals surface area (Å²) in [4.78, 5) is 39.5. The van der Waals surface area contributed by atoms with Gasteiger partial charge in [-0.3, -0.25) is 14.4 Å². The van der Waals surface area contributed by atoms with Crippen LogP contribution in [-0.4, -0.2) is 77.0 Å². The number of nitrogens with zero attached hydrogens (tertiary/aromatic N) is 1. The molecule has 37 heavy (non-hydrogen) atoms. The summed E-state index contributed by atoms with van der Waals surface area (Å²) >= 11 is 0. The average molecular weight is 514 g/mol. The van der Waals surface area contributed by atoms with E-state index in [4.69, 9.17) is 11.5 Å². The summed E-state index contributed by atoms with van der Waals surface area (Å²) in [5, 5.41) is 59.3. The molecule has 10 N–H and O–H groups in total. The van der Waals surface area contributed by atoms with Crippen molar-refractivity contribution >= 4 is 29.9 Å². The van der Waals surface area contributed by atoms with E-state index < -0.39 is 77.3 Å². The number of carbonyl (C=O) groups is 3. The minimum absolute atomic E-state index is 0.170. The number of phenols is 4. The second kappa shape index (κ2) is 10.8. The lowest BCUT2D eigenvalue weighted by Crippen LogP contribution is -2.65. The largest absolute Gasteiger partial charge is 0.504 e. The van der Waals surface area contributed by atoms with E-state index in [0.717, 1.165) is 36.4 Å². The second-order valence-corrected chi connectivity index (χ2v) is 8.73. The van der Waals surface area contributed by atoms with Crippen LogP contribution in [0.2, 0.25) is 0 Å². The van der Waals surface area contributed by atoms with Crippen molar-refractivity contribution in [2.24, 2.45) is 11.5 Å². The molecule has 4 atom stereocenters. The topological polar surface area (TPSA) is 228 Å². The van der Waals surface area contributed by atoms with Gasteiger partial charge in [0.1, 0.15) is 5.60 Å². The third-order valence-corrected chi connectivity index (χ3v) is 5.94. The van der Waals surface area contributed by atoms with Crippen molar-refractivity contribution in [1.29, 1.82) is 0 Å². The highest BCUT2D eigenvalue weighted by atomic mass is 16.3. The summed E-state index contributed by atoms with van der Waals surface area (Å²) < 4.78 is 0. The van der Waals surface area contributed by atoms with Crippen LogP contribution in [-0.2, 0) is 14.4 Å². The molecule has 0 radical (unpaired) electrons. The van der Waals surface area contributed by atoms with Gasteiger partial charge in [-0.05, 0) is 47.5 Å². The summed E-state index contributed by atoms with van der Waals surface area (Å²) in [6.45, 7) is 0. The van der Waals surface area contributed by atoms with Gasteiger partial charge in [0.15, 0.2) is 23.0 Å². The molecule has 0 aliphatic heterocycles. The first kappa shape index (κ1) is 27.4. The third-order valence-electron chi connectivity index (χ3n) is 5.94. The lowest BCUT2D eigenvalue weighted by Gasteiger charge is -2.41. The van der Waals surface area contributed by atoms with Crippen molar-refractivity contribution in [2.45, 2.75) is 36.6 Å². The zero-order valence-corrected chi connectivity index (χ0v) is 19.4. The van der Waals surface area contributed by atoms with E-state index in [1.165, 1.54) is 24.3 Å². The molecule has 12 heteroatoms. The van der Waals surface area contributed by atoms with Crippen LogP contribution in [0.25, 0.3) is 12.2 Å². The predicted molar refractivity (Wildman–Crippen MR) is 131 cm³/mol. The summed E-state index contributed by atoms with van der Waals surface area (Å²) in [6.07, 6.45) is 1.65. The Morgan fingerprint density at radius 2 is 1.27 bits per heavy atom. The number of imide groups is 3. The zero-order valence-electron chi connectivity index (χ0n) is 19.4. The minimum atomic E-state index is -2.38. The summed E-state index contributed by atoms with van der Waals surface area (Å²) in [6, 6.07) is 5.38. The summed E-state index contributed by atoms with van der Waals surface area (Å²) in [5.74, 6) is -5.37. The summed E-state index contributed by atoms with van der Waals surface area (Å²) in [7, 11) is 0. The number of amides is 3. The van der Waals surface area contributed by atoms with Gasteiger partial charge >= 0.3 is 0 Å². The molecule has 1 saturated carbocycles. The van der Waals surface area contributed by atoms with E-state index in [-0.39, 0.29) is 16.0 Å². The van der Waals surface area contributed by atoms with Crippen molar-refractivity contribution < 1.29 is 45.0 Å². The molecular weight excluding hydrogens is 486 g/mol. The highest BCUT2D eigenvalue weighted by Crippen LogP contribution is 2.31. The van der Waals surface area contributed by atoms with Crippen LogP contribution in [0.1, 0.15) is 24.0 Å². The molecule has 0 spiro atoms. The van der Waals surface area contributed by atoms with Gasteiger partial charge in [0.05, 0.1) is 6.10 Å². The molecule has 0 aromatic heterocycles. The van der Waals surface area contributed by atoms with Gasteiger partial charge in [0.25, 0.3) is 17.7 Å². The van der Waals surface area contributed by atoms with Crippen molar-refractivity contribution in [3.05, 3.63) is 59.7 Å². The maximum absolute atomic E-state index is 13.3.